The molecule has 0 unspecified atom stereocenters. The number of carbonyl (C=O) groups excluding carboxylic acids is 1. The Morgan fingerprint density at radius 1 is 1.14 bits per heavy atom. The van der Waals surface area contributed by atoms with Crippen LogP contribution in [-0.2, 0) is 17.8 Å². The van der Waals surface area contributed by atoms with Gasteiger partial charge in [-0.1, -0.05) is 35.9 Å². The van der Waals surface area contributed by atoms with E-state index < -0.39 is 0 Å². The third kappa shape index (κ3) is 2.87. The Balaban J connectivity index is 1.79. The molecule has 0 radical (unpaired) electrons. The van der Waals surface area contributed by atoms with Crippen LogP contribution in [0.4, 0.5) is 0 Å². The average molecular weight is 278 g/mol. The van der Waals surface area contributed by atoms with E-state index in [1.807, 2.05) is 28.8 Å². The van der Waals surface area contributed by atoms with Crippen LogP contribution in [0.5, 0.6) is 0 Å². The van der Waals surface area contributed by atoms with Crippen LogP contribution in [-0.4, -0.2) is 15.3 Å². The zero-order valence-electron chi connectivity index (χ0n) is 12.3. The molecule has 3 aromatic rings. The largest absolute Gasteiger partial charge is 0.323 e. The average Bonchev–Trinajstić information content (AvgIpc) is 2.86. The minimum atomic E-state index is 0.201. The van der Waals surface area contributed by atoms with Gasteiger partial charge in [0.15, 0.2) is 5.78 Å². The topological polar surface area (TPSA) is 34.9 Å². The number of para-hydroxylation sites is 2. The van der Waals surface area contributed by atoms with Gasteiger partial charge in [0.25, 0.3) is 0 Å². The standard InChI is InChI=1S/C18H18N2O/c1-13-7-8-14(2)15(9-13)10-16(21)11-20-12-19-17-5-3-4-6-18(17)20/h3-9,12H,10-11H2,1-2H3. The van der Waals surface area contributed by atoms with Gasteiger partial charge in [-0.15, -0.1) is 0 Å². The van der Waals surface area contributed by atoms with Crippen molar-refractivity contribution in [1.29, 1.82) is 0 Å². The molecule has 3 heteroatoms. The second-order valence-corrected chi connectivity index (χ2v) is 5.51. The van der Waals surface area contributed by atoms with Crippen molar-refractivity contribution >= 4 is 16.8 Å². The van der Waals surface area contributed by atoms with Crippen molar-refractivity contribution in [3.05, 3.63) is 65.5 Å². The van der Waals surface area contributed by atoms with Gasteiger partial charge in [0.1, 0.15) is 0 Å². The van der Waals surface area contributed by atoms with E-state index in [-0.39, 0.29) is 5.78 Å². The Hall–Kier alpha value is -2.42. The highest BCUT2D eigenvalue weighted by Gasteiger charge is 2.09. The zero-order chi connectivity index (χ0) is 14.8. The van der Waals surface area contributed by atoms with Crippen molar-refractivity contribution in [1.82, 2.24) is 9.55 Å². The molecule has 0 N–H and O–H groups in total. The van der Waals surface area contributed by atoms with Crippen LogP contribution in [0.1, 0.15) is 16.7 Å². The summed E-state index contributed by atoms with van der Waals surface area (Å²) in [5.74, 6) is 0.201. The number of hydrogen-bond acceptors (Lipinski definition) is 2. The Labute approximate surface area is 124 Å². The lowest BCUT2D eigenvalue weighted by Crippen LogP contribution is -2.12. The number of hydrogen-bond donors (Lipinski definition) is 0. The van der Waals surface area contributed by atoms with Crippen molar-refractivity contribution in [3.63, 3.8) is 0 Å². The molecule has 0 saturated carbocycles. The van der Waals surface area contributed by atoms with Crippen molar-refractivity contribution < 1.29 is 4.79 Å². The summed E-state index contributed by atoms with van der Waals surface area (Å²) in [6.45, 7) is 4.47. The summed E-state index contributed by atoms with van der Waals surface area (Å²) < 4.78 is 1.92. The molecule has 1 heterocycles. The molecular weight excluding hydrogens is 260 g/mol. The third-order valence-electron chi connectivity index (χ3n) is 3.77. The van der Waals surface area contributed by atoms with E-state index in [1.54, 1.807) is 6.33 Å². The maximum absolute atomic E-state index is 12.3. The first-order chi connectivity index (χ1) is 10.1. The molecule has 0 bridgehead atoms. The van der Waals surface area contributed by atoms with Gasteiger partial charge in [-0.2, -0.15) is 0 Å². The van der Waals surface area contributed by atoms with Gasteiger partial charge in [-0.25, -0.2) is 4.98 Å². The van der Waals surface area contributed by atoms with Gasteiger partial charge in [-0.3, -0.25) is 4.79 Å². The third-order valence-corrected chi connectivity index (χ3v) is 3.77. The lowest BCUT2D eigenvalue weighted by Gasteiger charge is -2.07. The first kappa shape index (κ1) is 13.6. The van der Waals surface area contributed by atoms with Crippen LogP contribution < -0.4 is 0 Å². The number of Topliss-reactive ketones (excluding diaryl/α,β-unsaturated/α-hetero) is 1. The molecule has 3 rings (SSSR count). The Morgan fingerprint density at radius 3 is 2.81 bits per heavy atom. The normalized spacial score (nSPS) is 11.0. The molecule has 0 saturated heterocycles. The van der Waals surface area contributed by atoms with E-state index in [0.29, 0.717) is 13.0 Å². The predicted octanol–water partition coefficient (Wildman–Crippen LogP) is 3.46. The molecule has 2 aromatic carbocycles. The molecular formula is C18H18N2O. The molecule has 106 valence electrons. The quantitative estimate of drug-likeness (QED) is 0.732. The molecule has 0 amide bonds. The van der Waals surface area contributed by atoms with Gasteiger partial charge >= 0.3 is 0 Å². The number of rotatable bonds is 4. The maximum Gasteiger partial charge on any atom is 0.156 e. The maximum atomic E-state index is 12.3. The first-order valence-corrected chi connectivity index (χ1v) is 7.11. The summed E-state index contributed by atoms with van der Waals surface area (Å²) in [5.41, 5.74) is 5.41. The van der Waals surface area contributed by atoms with E-state index in [4.69, 9.17) is 0 Å². The highest BCUT2D eigenvalue weighted by atomic mass is 16.1. The van der Waals surface area contributed by atoms with Crippen molar-refractivity contribution in [2.45, 2.75) is 26.8 Å². The van der Waals surface area contributed by atoms with E-state index in [2.05, 4.69) is 37.0 Å². The second-order valence-electron chi connectivity index (χ2n) is 5.51. The molecule has 0 spiro atoms. The Kier molecular flexibility index (Phi) is 3.57. The van der Waals surface area contributed by atoms with Crippen LogP contribution in [0.2, 0.25) is 0 Å². The molecule has 0 aliphatic carbocycles. The van der Waals surface area contributed by atoms with Gasteiger partial charge < -0.3 is 4.57 Å². The fraction of sp³-hybridized carbons (Fsp3) is 0.222. The minimum Gasteiger partial charge on any atom is -0.323 e. The first-order valence-electron chi connectivity index (χ1n) is 7.11. The highest BCUT2D eigenvalue weighted by molar-refractivity contribution is 5.83. The van der Waals surface area contributed by atoms with Crippen LogP contribution in [0.3, 0.4) is 0 Å². The number of aryl methyl sites for hydroxylation is 2. The second kappa shape index (κ2) is 5.52. The monoisotopic (exact) mass is 278 g/mol. The van der Waals surface area contributed by atoms with Gasteiger partial charge in [0.05, 0.1) is 23.9 Å². The van der Waals surface area contributed by atoms with E-state index in [9.17, 15) is 4.79 Å². The SMILES string of the molecule is Cc1ccc(C)c(CC(=O)Cn2cnc3ccccc32)c1. The lowest BCUT2D eigenvalue weighted by molar-refractivity contribution is -0.118. The van der Waals surface area contributed by atoms with Gasteiger partial charge in [0.2, 0.25) is 0 Å². The molecule has 1 aromatic heterocycles. The molecule has 0 aliphatic heterocycles. The van der Waals surface area contributed by atoms with Crippen LogP contribution in [0.15, 0.2) is 48.8 Å². The van der Waals surface area contributed by atoms with Crippen molar-refractivity contribution in [3.8, 4) is 0 Å². The summed E-state index contributed by atoms with van der Waals surface area (Å²) in [7, 11) is 0. The molecule has 21 heavy (non-hydrogen) atoms. The number of benzene rings is 2. The van der Waals surface area contributed by atoms with Crippen LogP contribution >= 0.6 is 0 Å². The van der Waals surface area contributed by atoms with Gasteiger partial charge in [0, 0.05) is 6.42 Å². The molecule has 0 aliphatic rings. The van der Waals surface area contributed by atoms with Crippen LogP contribution in [0.25, 0.3) is 11.0 Å². The summed E-state index contributed by atoms with van der Waals surface area (Å²) in [6, 6.07) is 14.1. The summed E-state index contributed by atoms with van der Waals surface area (Å²) in [6.07, 6.45) is 2.21. The molecule has 0 atom stereocenters. The number of imidazole rings is 1. The number of fused-ring (bicyclic) bond motifs is 1. The van der Waals surface area contributed by atoms with Gasteiger partial charge in [-0.05, 0) is 37.1 Å². The van der Waals surface area contributed by atoms with E-state index in [1.165, 1.54) is 11.1 Å². The smallest absolute Gasteiger partial charge is 0.156 e. The zero-order valence-corrected chi connectivity index (χ0v) is 12.3. The highest BCUT2D eigenvalue weighted by Crippen LogP contribution is 2.14. The minimum absolute atomic E-state index is 0.201. The lowest BCUT2D eigenvalue weighted by atomic mass is 10.0. The predicted molar refractivity (Wildman–Crippen MR) is 84.4 cm³/mol. The Morgan fingerprint density at radius 2 is 1.95 bits per heavy atom. The molecule has 0 fully saturated rings. The van der Waals surface area contributed by atoms with E-state index in [0.717, 1.165) is 16.6 Å². The summed E-state index contributed by atoms with van der Waals surface area (Å²) >= 11 is 0. The van der Waals surface area contributed by atoms with Crippen molar-refractivity contribution in [2.75, 3.05) is 0 Å². The number of carbonyl (C=O) groups is 1. The number of nitrogens with zero attached hydrogens (tertiary/aromatic N) is 2. The van der Waals surface area contributed by atoms with Crippen molar-refractivity contribution in [2.24, 2.45) is 0 Å². The fourth-order valence-electron chi connectivity index (χ4n) is 2.59. The Bertz CT molecular complexity index is 802. The molecule has 3 nitrogen and oxygen atoms in total. The number of ketones is 1. The summed E-state index contributed by atoms with van der Waals surface area (Å²) in [4.78, 5) is 16.7. The summed E-state index contributed by atoms with van der Waals surface area (Å²) in [5, 5.41) is 0. The van der Waals surface area contributed by atoms with E-state index >= 15 is 0 Å². The number of aromatic nitrogens is 2. The fourth-order valence-corrected chi connectivity index (χ4v) is 2.59. The van der Waals surface area contributed by atoms with Crippen LogP contribution in [0, 0.1) is 13.8 Å².